The molecule has 1 spiro atoms. The Morgan fingerprint density at radius 3 is 2.27 bits per heavy atom. The molecule has 2 saturated carbocycles. The van der Waals surface area contributed by atoms with Gasteiger partial charge in [-0.1, -0.05) is 25.5 Å². The second-order valence-electron chi connectivity index (χ2n) is 18.8. The number of aromatic nitrogens is 4. The first-order chi connectivity index (χ1) is 28.9. The Labute approximate surface area is 351 Å². The maximum absolute atomic E-state index is 13.8. The molecule has 1 aromatic carbocycles. The number of hydrogen-bond acceptors (Lipinski definition) is 10. The predicted octanol–water partition coefficient (Wildman–Crippen LogP) is 3.39. The number of amides is 3. The van der Waals surface area contributed by atoms with Gasteiger partial charge >= 0.3 is 5.69 Å². The van der Waals surface area contributed by atoms with E-state index in [0.717, 1.165) is 105 Å². The van der Waals surface area contributed by atoms with Gasteiger partial charge in [-0.2, -0.15) is 22.0 Å². The van der Waals surface area contributed by atoms with Gasteiger partial charge in [0, 0.05) is 70.0 Å². The fourth-order valence-electron chi connectivity index (χ4n) is 11.5. The molecule has 16 nitrogen and oxygen atoms in total. The molecule has 0 bridgehead atoms. The van der Waals surface area contributed by atoms with Gasteiger partial charge in [0.15, 0.2) is 0 Å². The number of hydrogen-bond donors (Lipinski definition) is 2. The fraction of sp³-hybridized carbons (Fsp3) is 0.674. The molecule has 5 aliphatic heterocycles. The van der Waals surface area contributed by atoms with Crippen LogP contribution in [0.2, 0.25) is 0 Å². The summed E-state index contributed by atoms with van der Waals surface area (Å²) >= 11 is 0. The number of rotatable bonds is 9. The molecule has 10 rings (SSSR count). The predicted molar refractivity (Wildman–Crippen MR) is 226 cm³/mol. The number of carbonyl (C=O) groups excluding carboxylic acids is 3. The average molecular weight is 843 g/mol. The maximum atomic E-state index is 13.8. The third-order valence-corrected chi connectivity index (χ3v) is 17.3. The molecule has 3 amide bonds. The topological polar surface area (TPSA) is 175 Å². The fourth-order valence-corrected chi connectivity index (χ4v) is 13.2. The van der Waals surface area contributed by atoms with E-state index >= 15 is 0 Å². The molecule has 3 aromatic rings. The Kier molecular flexibility index (Phi) is 10.2. The molecule has 7 aliphatic rings. The second kappa shape index (κ2) is 15.3. The van der Waals surface area contributed by atoms with E-state index in [1.54, 1.807) is 24.8 Å². The maximum Gasteiger partial charge on any atom is 0.329 e. The first-order valence-electron chi connectivity index (χ1n) is 22.4. The Balaban J connectivity index is 0.705. The summed E-state index contributed by atoms with van der Waals surface area (Å²) in [6.07, 6.45) is 12.3. The average Bonchev–Trinajstić information content (AvgIpc) is 3.82. The van der Waals surface area contributed by atoms with Gasteiger partial charge in [0.05, 0.1) is 16.4 Å². The number of carbonyl (C=O) groups is 3. The van der Waals surface area contributed by atoms with Gasteiger partial charge in [0.1, 0.15) is 11.9 Å². The molecule has 4 saturated heterocycles. The summed E-state index contributed by atoms with van der Waals surface area (Å²) in [6.45, 7) is 6.98. The van der Waals surface area contributed by atoms with E-state index in [4.69, 9.17) is 4.98 Å². The number of imidazole rings is 1. The van der Waals surface area contributed by atoms with Crippen LogP contribution in [-0.2, 0) is 37.1 Å². The van der Waals surface area contributed by atoms with E-state index in [1.807, 2.05) is 23.2 Å². The van der Waals surface area contributed by atoms with Crippen molar-refractivity contribution < 1.29 is 22.8 Å². The van der Waals surface area contributed by atoms with Crippen molar-refractivity contribution in [3.8, 4) is 0 Å². The van der Waals surface area contributed by atoms with Crippen molar-refractivity contribution in [3.63, 3.8) is 0 Å². The zero-order valence-corrected chi connectivity index (χ0v) is 35.7. The lowest BCUT2D eigenvalue weighted by Gasteiger charge is -2.40. The molecular formula is C43H58N10O6S. The van der Waals surface area contributed by atoms with Crippen LogP contribution in [0.1, 0.15) is 113 Å². The molecule has 2 aliphatic carbocycles. The number of benzene rings is 1. The van der Waals surface area contributed by atoms with E-state index < -0.39 is 27.6 Å². The zero-order chi connectivity index (χ0) is 41.5. The number of para-hydroxylation sites is 1. The number of piperidine rings is 4. The lowest BCUT2D eigenvalue weighted by Crippen LogP contribution is -2.51. The van der Waals surface area contributed by atoms with Gasteiger partial charge < -0.3 is 10.2 Å². The summed E-state index contributed by atoms with van der Waals surface area (Å²) in [5.41, 5.74) is 3.03. The van der Waals surface area contributed by atoms with Crippen molar-refractivity contribution >= 4 is 50.7 Å². The Bertz CT molecular complexity index is 2370. The van der Waals surface area contributed by atoms with Crippen molar-refractivity contribution in [1.29, 1.82) is 0 Å². The molecule has 17 heteroatoms. The molecule has 3 atom stereocenters. The number of likely N-dealkylation sites (tertiary alicyclic amines) is 1. The molecule has 2 aromatic heterocycles. The molecule has 6 fully saturated rings. The first kappa shape index (κ1) is 39.9. The number of nitrogens with one attached hydrogen (secondary N) is 2. The van der Waals surface area contributed by atoms with Gasteiger partial charge in [-0.05, 0) is 113 Å². The third kappa shape index (κ3) is 6.78. The van der Waals surface area contributed by atoms with E-state index in [-0.39, 0.29) is 41.9 Å². The van der Waals surface area contributed by atoms with Crippen LogP contribution < -0.4 is 21.2 Å². The highest BCUT2D eigenvalue weighted by Crippen LogP contribution is 2.58. The highest BCUT2D eigenvalue weighted by atomic mass is 32.2. The summed E-state index contributed by atoms with van der Waals surface area (Å²) in [6, 6.07) is 5.50. The van der Waals surface area contributed by atoms with Crippen LogP contribution >= 0.6 is 0 Å². The second-order valence-corrected chi connectivity index (χ2v) is 20.7. The van der Waals surface area contributed by atoms with Crippen LogP contribution in [0.5, 0.6) is 0 Å². The van der Waals surface area contributed by atoms with E-state index in [0.29, 0.717) is 63.2 Å². The third-order valence-electron chi connectivity index (χ3n) is 15.3. The first-order valence-corrected chi connectivity index (χ1v) is 23.8. The Morgan fingerprint density at radius 2 is 1.60 bits per heavy atom. The van der Waals surface area contributed by atoms with Crippen molar-refractivity contribution in [2.24, 2.45) is 18.9 Å². The quantitative estimate of drug-likeness (QED) is 0.304. The van der Waals surface area contributed by atoms with Gasteiger partial charge in [-0.3, -0.25) is 33.7 Å². The number of imide groups is 1. The highest BCUT2D eigenvalue weighted by molar-refractivity contribution is 7.86. The molecular weight excluding hydrogens is 785 g/mol. The van der Waals surface area contributed by atoms with Crippen molar-refractivity contribution in [1.82, 2.24) is 37.9 Å². The monoisotopic (exact) mass is 842 g/mol. The smallest absolute Gasteiger partial charge is 0.329 e. The Morgan fingerprint density at radius 1 is 0.883 bits per heavy atom. The van der Waals surface area contributed by atoms with Crippen LogP contribution in [0.15, 0.2) is 29.2 Å². The molecule has 322 valence electrons. The minimum Gasteiger partial charge on any atom is -0.351 e. The lowest BCUT2D eigenvalue weighted by atomic mass is 9.87. The van der Waals surface area contributed by atoms with Crippen LogP contribution in [0.25, 0.3) is 11.0 Å². The summed E-state index contributed by atoms with van der Waals surface area (Å²) in [5.74, 6) is 1.94. The summed E-state index contributed by atoms with van der Waals surface area (Å²) in [7, 11) is -1.80. The van der Waals surface area contributed by atoms with Crippen LogP contribution in [0.3, 0.4) is 0 Å². The summed E-state index contributed by atoms with van der Waals surface area (Å²) in [4.78, 5) is 65.8. The largest absolute Gasteiger partial charge is 0.351 e. The van der Waals surface area contributed by atoms with Gasteiger partial charge in [-0.15, -0.1) is 0 Å². The van der Waals surface area contributed by atoms with Crippen molar-refractivity contribution in [2.75, 3.05) is 56.0 Å². The van der Waals surface area contributed by atoms with Crippen LogP contribution in [0, 0.1) is 11.8 Å². The van der Waals surface area contributed by atoms with Crippen LogP contribution in [0.4, 0.5) is 11.8 Å². The van der Waals surface area contributed by atoms with E-state index in [9.17, 15) is 27.6 Å². The minimum atomic E-state index is -3.57. The normalized spacial score (nSPS) is 27.6. The van der Waals surface area contributed by atoms with E-state index in [2.05, 4.69) is 33.5 Å². The number of aryl methyl sites for hydroxylation is 1. The Hall–Kier alpha value is -4.19. The molecule has 0 radical (unpaired) electrons. The number of fused-ring (bicyclic) bond motifs is 3. The number of anilines is 2. The van der Waals surface area contributed by atoms with Gasteiger partial charge in [0.2, 0.25) is 23.7 Å². The summed E-state index contributed by atoms with van der Waals surface area (Å²) < 4.78 is 34.2. The molecule has 7 heterocycles. The summed E-state index contributed by atoms with van der Waals surface area (Å²) in [5, 5.41) is 5.89. The minimum absolute atomic E-state index is 0.0500. The highest BCUT2D eigenvalue weighted by Gasteiger charge is 2.62. The zero-order valence-electron chi connectivity index (χ0n) is 34.9. The van der Waals surface area contributed by atoms with Crippen molar-refractivity contribution in [2.45, 2.75) is 120 Å². The number of nitrogens with zero attached hydrogens (tertiary/aromatic N) is 8. The standard InChI is InChI=1S/C43H58N10O6S/c1-27-5-3-7-33(27)53-38-32(43(17-18-43)40(53)56)25-44-41(47-38)45-30-15-23-51(24-16-30)60(58,59)50-21-11-28(12-22-50)26-49-19-13-29(14-20-49)31-6-4-8-34-37(31)48(2)42(57)52(34)35-9-10-36(54)46-39(35)55/h4,6,8,25,27-30,33,35H,3,5,7,9-24,26H2,1-2H3,(H,44,45,47)(H,46,54,55). The van der Waals surface area contributed by atoms with Crippen molar-refractivity contribution in [3.05, 3.63) is 46.0 Å². The lowest BCUT2D eigenvalue weighted by molar-refractivity contribution is -0.135. The molecule has 3 unspecified atom stereocenters. The van der Waals surface area contributed by atoms with Gasteiger partial charge in [-0.25, -0.2) is 9.78 Å². The van der Waals surface area contributed by atoms with Crippen LogP contribution in [-0.4, -0.2) is 117 Å². The molecule has 60 heavy (non-hydrogen) atoms. The van der Waals surface area contributed by atoms with Gasteiger partial charge in [0.25, 0.3) is 10.2 Å². The SMILES string of the molecule is CC1CCCC1N1C(=O)C2(CC2)c2cnc(NC3CCN(S(=O)(=O)N4CCC(CN5CCC(c6cccc7c6n(C)c(=O)n7C6CCC(=O)NC6=O)CC5)CC4)CC3)nc21. The molecule has 2 N–H and O–H groups in total. The van der Waals surface area contributed by atoms with E-state index in [1.165, 1.54) is 0 Å².